The van der Waals surface area contributed by atoms with Crippen LogP contribution in [0.3, 0.4) is 0 Å². The summed E-state index contributed by atoms with van der Waals surface area (Å²) < 4.78 is 13.4. The summed E-state index contributed by atoms with van der Waals surface area (Å²) in [6, 6.07) is 14.3. The van der Waals surface area contributed by atoms with Crippen molar-refractivity contribution in [2.75, 3.05) is 32.5 Å². The lowest BCUT2D eigenvalue weighted by Crippen LogP contribution is -2.38. The summed E-state index contributed by atoms with van der Waals surface area (Å²) in [5.41, 5.74) is 2.69. The Morgan fingerprint density at radius 3 is 2.59 bits per heavy atom. The van der Waals surface area contributed by atoms with Crippen molar-refractivity contribution in [2.24, 2.45) is 4.99 Å². The molecule has 0 aliphatic carbocycles. The maximum Gasteiger partial charge on any atom is 0.321 e. The van der Waals surface area contributed by atoms with Gasteiger partial charge in [0.1, 0.15) is 5.82 Å². The van der Waals surface area contributed by atoms with Gasteiger partial charge in [-0.15, -0.1) is 0 Å². The maximum absolute atomic E-state index is 13.4. The van der Waals surface area contributed by atoms with E-state index >= 15 is 0 Å². The minimum atomic E-state index is -0.244. The predicted molar refractivity (Wildman–Crippen MR) is 114 cm³/mol. The van der Waals surface area contributed by atoms with E-state index in [0.717, 1.165) is 42.7 Å². The van der Waals surface area contributed by atoms with Gasteiger partial charge in [-0.2, -0.15) is 0 Å². The quantitative estimate of drug-likeness (QED) is 0.598. The van der Waals surface area contributed by atoms with E-state index in [1.54, 1.807) is 13.1 Å². The van der Waals surface area contributed by atoms with Crippen LogP contribution in [0.5, 0.6) is 0 Å². The first-order valence-electron chi connectivity index (χ1n) is 9.86. The lowest BCUT2D eigenvalue weighted by molar-refractivity contribution is 0.222. The second kappa shape index (κ2) is 9.91. The van der Waals surface area contributed by atoms with Crippen molar-refractivity contribution in [3.8, 4) is 0 Å². The highest BCUT2D eigenvalue weighted by Gasteiger charge is 2.17. The van der Waals surface area contributed by atoms with Crippen molar-refractivity contribution in [2.45, 2.75) is 25.9 Å². The number of rotatable bonds is 5. The van der Waals surface area contributed by atoms with Gasteiger partial charge < -0.3 is 20.4 Å². The van der Waals surface area contributed by atoms with Crippen LogP contribution in [0.1, 0.15) is 24.0 Å². The molecule has 6 nitrogen and oxygen atoms in total. The molecule has 154 valence electrons. The van der Waals surface area contributed by atoms with E-state index in [1.165, 1.54) is 12.1 Å². The number of nitrogens with one attached hydrogen (secondary N) is 2. The van der Waals surface area contributed by atoms with Gasteiger partial charge in [-0.05, 0) is 48.2 Å². The Kier molecular flexibility index (Phi) is 7.05. The van der Waals surface area contributed by atoms with Gasteiger partial charge in [0.25, 0.3) is 0 Å². The zero-order valence-electron chi connectivity index (χ0n) is 17.0. The Balaban J connectivity index is 1.55. The van der Waals surface area contributed by atoms with Crippen LogP contribution in [-0.2, 0) is 13.1 Å². The van der Waals surface area contributed by atoms with Crippen molar-refractivity contribution in [3.05, 3.63) is 65.5 Å². The Labute approximate surface area is 171 Å². The number of carbonyl (C=O) groups is 1. The predicted octanol–water partition coefficient (Wildman–Crippen LogP) is 3.66. The normalized spacial score (nSPS) is 14.0. The second-order valence-corrected chi connectivity index (χ2v) is 7.21. The number of benzene rings is 2. The standard InChI is InChI=1S/C22H28FN5O/c1-24-21(27(2)16-18-8-5-9-19(23)13-18)25-15-17-7-6-10-20(14-17)26-22(29)28-11-3-4-12-28/h5-10,13-14H,3-4,11-12,15-16H2,1-2H3,(H,24,25)(H,26,29). The summed E-state index contributed by atoms with van der Waals surface area (Å²) in [5, 5.41) is 6.28. The van der Waals surface area contributed by atoms with Crippen molar-refractivity contribution in [1.29, 1.82) is 0 Å². The van der Waals surface area contributed by atoms with Crippen LogP contribution in [0, 0.1) is 5.82 Å². The molecule has 2 amide bonds. The first-order chi connectivity index (χ1) is 14.0. The Morgan fingerprint density at radius 1 is 1.14 bits per heavy atom. The molecule has 0 unspecified atom stereocenters. The fourth-order valence-corrected chi connectivity index (χ4v) is 3.43. The zero-order valence-corrected chi connectivity index (χ0v) is 17.0. The summed E-state index contributed by atoms with van der Waals surface area (Å²) in [6.45, 7) is 2.75. The average molecular weight is 397 g/mol. The third-order valence-corrected chi connectivity index (χ3v) is 4.90. The van der Waals surface area contributed by atoms with Crippen molar-refractivity contribution < 1.29 is 9.18 Å². The molecule has 1 aliphatic heterocycles. The maximum atomic E-state index is 13.4. The van der Waals surface area contributed by atoms with Crippen LogP contribution in [-0.4, -0.2) is 49.0 Å². The Bertz CT molecular complexity index is 864. The van der Waals surface area contributed by atoms with E-state index in [9.17, 15) is 9.18 Å². The number of hydrogen-bond acceptors (Lipinski definition) is 2. The van der Waals surface area contributed by atoms with Gasteiger partial charge in [0.15, 0.2) is 5.96 Å². The molecule has 0 atom stereocenters. The van der Waals surface area contributed by atoms with Gasteiger partial charge >= 0.3 is 6.03 Å². The lowest BCUT2D eigenvalue weighted by atomic mass is 10.2. The molecule has 1 heterocycles. The number of anilines is 1. The largest absolute Gasteiger partial charge is 0.352 e. The third kappa shape index (κ3) is 5.94. The smallest absolute Gasteiger partial charge is 0.321 e. The SMILES string of the molecule is CN=C(NCc1cccc(NC(=O)N2CCCC2)c1)N(C)Cc1cccc(F)c1. The number of urea groups is 1. The van der Waals surface area contributed by atoms with Crippen LogP contribution in [0.15, 0.2) is 53.5 Å². The molecule has 2 aromatic rings. The van der Waals surface area contributed by atoms with E-state index in [1.807, 2.05) is 47.2 Å². The molecular formula is C22H28FN5O. The molecule has 1 aliphatic rings. The van der Waals surface area contributed by atoms with Crippen molar-refractivity contribution in [3.63, 3.8) is 0 Å². The van der Waals surface area contributed by atoms with Gasteiger partial charge in [0.2, 0.25) is 0 Å². The van der Waals surface area contributed by atoms with Gasteiger partial charge in [0.05, 0.1) is 0 Å². The molecule has 0 saturated carbocycles. The number of hydrogen-bond donors (Lipinski definition) is 2. The van der Waals surface area contributed by atoms with Crippen LogP contribution in [0.4, 0.5) is 14.9 Å². The molecule has 2 aromatic carbocycles. The molecule has 0 radical (unpaired) electrons. The summed E-state index contributed by atoms with van der Waals surface area (Å²) >= 11 is 0. The number of amides is 2. The van der Waals surface area contributed by atoms with Gasteiger partial charge in [0, 0.05) is 46.0 Å². The third-order valence-electron chi connectivity index (χ3n) is 4.90. The number of halogens is 1. The fourth-order valence-electron chi connectivity index (χ4n) is 3.43. The zero-order chi connectivity index (χ0) is 20.6. The van der Waals surface area contributed by atoms with E-state index in [4.69, 9.17) is 0 Å². The second-order valence-electron chi connectivity index (χ2n) is 7.21. The molecule has 7 heteroatoms. The fraction of sp³-hybridized carbons (Fsp3) is 0.364. The Hall–Kier alpha value is -3.09. The highest BCUT2D eigenvalue weighted by atomic mass is 19.1. The number of aliphatic imine (C=N–C) groups is 1. The first kappa shape index (κ1) is 20.6. The molecule has 1 saturated heterocycles. The van der Waals surface area contributed by atoms with Crippen LogP contribution >= 0.6 is 0 Å². The average Bonchev–Trinajstić information content (AvgIpc) is 3.24. The van der Waals surface area contributed by atoms with E-state index in [-0.39, 0.29) is 11.8 Å². The molecule has 1 fully saturated rings. The highest BCUT2D eigenvalue weighted by molar-refractivity contribution is 5.89. The molecule has 3 rings (SSSR count). The number of nitrogens with zero attached hydrogens (tertiary/aromatic N) is 3. The van der Waals surface area contributed by atoms with E-state index in [0.29, 0.717) is 19.0 Å². The summed E-state index contributed by atoms with van der Waals surface area (Å²) in [4.78, 5) is 20.4. The molecule has 0 spiro atoms. The molecule has 29 heavy (non-hydrogen) atoms. The van der Waals surface area contributed by atoms with Crippen LogP contribution in [0.25, 0.3) is 0 Å². The van der Waals surface area contributed by atoms with E-state index in [2.05, 4.69) is 15.6 Å². The van der Waals surface area contributed by atoms with Crippen molar-refractivity contribution >= 4 is 17.7 Å². The first-order valence-corrected chi connectivity index (χ1v) is 9.86. The lowest BCUT2D eigenvalue weighted by Gasteiger charge is -2.22. The summed E-state index contributed by atoms with van der Waals surface area (Å²) in [5.74, 6) is 0.465. The minimum absolute atomic E-state index is 0.0433. The van der Waals surface area contributed by atoms with Crippen molar-refractivity contribution in [1.82, 2.24) is 15.1 Å². The number of likely N-dealkylation sites (tertiary alicyclic amines) is 1. The van der Waals surface area contributed by atoms with Gasteiger partial charge in [-0.25, -0.2) is 9.18 Å². The topological polar surface area (TPSA) is 60.0 Å². The Morgan fingerprint density at radius 2 is 1.86 bits per heavy atom. The van der Waals surface area contributed by atoms with Gasteiger partial charge in [-0.1, -0.05) is 24.3 Å². The molecule has 0 bridgehead atoms. The summed E-state index contributed by atoms with van der Waals surface area (Å²) in [6.07, 6.45) is 2.14. The summed E-state index contributed by atoms with van der Waals surface area (Å²) in [7, 11) is 3.63. The molecular weight excluding hydrogens is 369 g/mol. The molecule has 0 aromatic heterocycles. The monoisotopic (exact) mass is 397 g/mol. The van der Waals surface area contributed by atoms with Crippen LogP contribution < -0.4 is 10.6 Å². The van der Waals surface area contributed by atoms with E-state index < -0.39 is 0 Å². The minimum Gasteiger partial charge on any atom is -0.352 e. The van der Waals surface area contributed by atoms with Crippen LogP contribution in [0.2, 0.25) is 0 Å². The van der Waals surface area contributed by atoms with Gasteiger partial charge in [-0.3, -0.25) is 4.99 Å². The number of carbonyl (C=O) groups excluding carboxylic acids is 1. The molecule has 2 N–H and O–H groups in total. The number of guanidine groups is 1. The highest BCUT2D eigenvalue weighted by Crippen LogP contribution is 2.14.